The predicted octanol–water partition coefficient (Wildman–Crippen LogP) is 1.95. The van der Waals surface area contributed by atoms with Crippen LogP contribution in [0.4, 0.5) is 5.95 Å². The van der Waals surface area contributed by atoms with Gasteiger partial charge in [-0.3, -0.25) is 4.79 Å². The van der Waals surface area contributed by atoms with Crippen molar-refractivity contribution in [1.82, 2.24) is 14.9 Å². The van der Waals surface area contributed by atoms with Gasteiger partial charge in [0.25, 0.3) is 0 Å². The van der Waals surface area contributed by atoms with E-state index in [1.54, 1.807) is 0 Å². The van der Waals surface area contributed by atoms with E-state index < -0.39 is 0 Å². The largest absolute Gasteiger partial charge is 0.395 e. The van der Waals surface area contributed by atoms with Crippen LogP contribution < -0.4 is 4.90 Å². The van der Waals surface area contributed by atoms with Crippen LogP contribution in [0.5, 0.6) is 0 Å². The van der Waals surface area contributed by atoms with Gasteiger partial charge in [0.1, 0.15) is 0 Å². The highest BCUT2D eigenvalue weighted by molar-refractivity contribution is 5.85. The van der Waals surface area contributed by atoms with Crippen molar-refractivity contribution < 1.29 is 9.90 Å². The Kier molecular flexibility index (Phi) is 4.63. The van der Waals surface area contributed by atoms with Crippen molar-refractivity contribution in [1.29, 1.82) is 0 Å². The number of likely N-dealkylation sites (tertiary alicyclic amines) is 1. The SMILES string of the molecule is O=C1N(CCO)CCCC12CCN(c1nccc(C3CCCC3)n1)C2. The van der Waals surface area contributed by atoms with E-state index in [2.05, 4.69) is 16.0 Å². The molecule has 1 amide bonds. The van der Waals surface area contributed by atoms with Crippen LogP contribution in [0.3, 0.4) is 0 Å². The van der Waals surface area contributed by atoms with Crippen LogP contribution in [0.2, 0.25) is 0 Å². The van der Waals surface area contributed by atoms with Gasteiger partial charge in [-0.05, 0) is 38.2 Å². The van der Waals surface area contributed by atoms with E-state index >= 15 is 0 Å². The smallest absolute Gasteiger partial charge is 0.230 e. The zero-order valence-corrected chi connectivity index (χ0v) is 14.9. The van der Waals surface area contributed by atoms with Crippen LogP contribution in [-0.2, 0) is 4.79 Å². The Labute approximate surface area is 149 Å². The van der Waals surface area contributed by atoms with Gasteiger partial charge in [0.05, 0.1) is 12.0 Å². The van der Waals surface area contributed by atoms with E-state index in [-0.39, 0.29) is 17.9 Å². The van der Waals surface area contributed by atoms with Gasteiger partial charge in [0.2, 0.25) is 11.9 Å². The highest BCUT2D eigenvalue weighted by Gasteiger charge is 2.48. The number of β-amino-alcohol motifs (C(OH)–C–C–N with tert-alkyl or cyclic N) is 1. The van der Waals surface area contributed by atoms with Crippen LogP contribution in [-0.4, -0.2) is 58.7 Å². The van der Waals surface area contributed by atoms with E-state index in [1.807, 2.05) is 11.1 Å². The fourth-order valence-electron chi connectivity index (χ4n) is 4.87. The molecule has 1 aromatic rings. The number of piperidine rings is 1. The third-order valence-corrected chi connectivity index (χ3v) is 6.27. The molecular weight excluding hydrogens is 316 g/mol. The first-order valence-electron chi connectivity index (χ1n) is 9.70. The minimum atomic E-state index is -0.305. The third kappa shape index (κ3) is 3.12. The molecule has 1 saturated carbocycles. The predicted molar refractivity (Wildman–Crippen MR) is 95.4 cm³/mol. The van der Waals surface area contributed by atoms with Crippen LogP contribution in [0, 0.1) is 5.41 Å². The Morgan fingerprint density at radius 3 is 2.84 bits per heavy atom. The van der Waals surface area contributed by atoms with Crippen molar-refractivity contribution in [3.63, 3.8) is 0 Å². The number of carbonyl (C=O) groups is 1. The standard InChI is InChI=1S/C19H28N4O2/c24-13-12-22-10-3-7-19(17(22)25)8-11-23(14-19)18-20-9-6-16(21-18)15-4-1-2-5-15/h6,9,15,24H,1-5,7-8,10-14H2. The molecule has 1 unspecified atom stereocenters. The average Bonchev–Trinajstić information content (AvgIpc) is 3.31. The Balaban J connectivity index is 1.50. The maximum Gasteiger partial charge on any atom is 0.230 e. The molecule has 4 rings (SSSR count). The summed E-state index contributed by atoms with van der Waals surface area (Å²) in [7, 11) is 0. The molecule has 3 heterocycles. The molecule has 1 spiro atoms. The second-order valence-corrected chi connectivity index (χ2v) is 7.83. The van der Waals surface area contributed by atoms with Crippen LogP contribution in [0.15, 0.2) is 12.3 Å². The highest BCUT2D eigenvalue weighted by Crippen LogP contribution is 2.41. The molecule has 1 aliphatic carbocycles. The third-order valence-electron chi connectivity index (χ3n) is 6.27. The van der Waals surface area contributed by atoms with E-state index in [0.717, 1.165) is 38.3 Å². The Hall–Kier alpha value is -1.69. The highest BCUT2D eigenvalue weighted by atomic mass is 16.3. The van der Waals surface area contributed by atoms with Gasteiger partial charge in [-0.2, -0.15) is 0 Å². The Bertz CT molecular complexity index is 630. The zero-order valence-electron chi connectivity index (χ0n) is 14.9. The van der Waals surface area contributed by atoms with Crippen molar-refractivity contribution >= 4 is 11.9 Å². The monoisotopic (exact) mass is 344 g/mol. The molecule has 2 aliphatic heterocycles. The summed E-state index contributed by atoms with van der Waals surface area (Å²) >= 11 is 0. The lowest BCUT2D eigenvalue weighted by Crippen LogP contribution is -2.50. The van der Waals surface area contributed by atoms with Crippen molar-refractivity contribution in [2.24, 2.45) is 5.41 Å². The van der Waals surface area contributed by atoms with Crippen molar-refractivity contribution in [3.05, 3.63) is 18.0 Å². The fourth-order valence-corrected chi connectivity index (χ4v) is 4.87. The summed E-state index contributed by atoms with van der Waals surface area (Å²) in [6.07, 6.45) is 9.75. The first kappa shape index (κ1) is 16.8. The normalized spacial score (nSPS) is 27.6. The first-order chi connectivity index (χ1) is 12.2. The molecule has 6 heteroatoms. The van der Waals surface area contributed by atoms with Crippen molar-refractivity contribution in [2.45, 2.75) is 50.9 Å². The number of nitrogens with zero attached hydrogens (tertiary/aromatic N) is 4. The Morgan fingerprint density at radius 2 is 2.04 bits per heavy atom. The van der Waals surface area contributed by atoms with E-state index in [1.165, 1.54) is 31.4 Å². The maximum absolute atomic E-state index is 12.9. The fraction of sp³-hybridized carbons (Fsp3) is 0.737. The molecule has 25 heavy (non-hydrogen) atoms. The van der Waals surface area contributed by atoms with E-state index in [4.69, 9.17) is 4.98 Å². The van der Waals surface area contributed by atoms with Gasteiger partial charge >= 0.3 is 0 Å². The molecular formula is C19H28N4O2. The molecule has 6 nitrogen and oxygen atoms in total. The van der Waals surface area contributed by atoms with Gasteiger partial charge in [-0.1, -0.05) is 12.8 Å². The summed E-state index contributed by atoms with van der Waals surface area (Å²) in [4.78, 5) is 26.3. The van der Waals surface area contributed by atoms with Gasteiger partial charge in [-0.25, -0.2) is 9.97 Å². The number of anilines is 1. The summed E-state index contributed by atoms with van der Waals surface area (Å²) in [6.45, 7) is 2.82. The maximum atomic E-state index is 12.9. The van der Waals surface area contributed by atoms with Crippen LogP contribution in [0.1, 0.15) is 56.6 Å². The quantitative estimate of drug-likeness (QED) is 0.904. The van der Waals surface area contributed by atoms with Crippen molar-refractivity contribution in [2.75, 3.05) is 37.7 Å². The zero-order chi connectivity index (χ0) is 17.3. The number of amides is 1. The topological polar surface area (TPSA) is 69.6 Å². The van der Waals surface area contributed by atoms with Crippen LogP contribution >= 0.6 is 0 Å². The summed E-state index contributed by atoms with van der Waals surface area (Å²) in [6, 6.07) is 2.06. The summed E-state index contributed by atoms with van der Waals surface area (Å²) in [5.74, 6) is 1.57. The minimum absolute atomic E-state index is 0.0398. The molecule has 1 atom stereocenters. The van der Waals surface area contributed by atoms with Gasteiger partial charge in [0, 0.05) is 44.0 Å². The summed E-state index contributed by atoms with van der Waals surface area (Å²) in [5, 5.41) is 9.21. The summed E-state index contributed by atoms with van der Waals surface area (Å²) < 4.78 is 0. The second kappa shape index (κ2) is 6.90. The number of aromatic nitrogens is 2. The molecule has 2 saturated heterocycles. The number of aliphatic hydroxyl groups excluding tert-OH is 1. The molecule has 3 fully saturated rings. The average molecular weight is 344 g/mol. The molecule has 1 aromatic heterocycles. The van der Waals surface area contributed by atoms with Gasteiger partial charge in [0.15, 0.2) is 0 Å². The number of rotatable bonds is 4. The lowest BCUT2D eigenvalue weighted by Gasteiger charge is -2.39. The van der Waals surface area contributed by atoms with Gasteiger partial charge < -0.3 is 14.9 Å². The minimum Gasteiger partial charge on any atom is -0.395 e. The number of hydrogen-bond acceptors (Lipinski definition) is 5. The number of aliphatic hydroxyl groups is 1. The van der Waals surface area contributed by atoms with Gasteiger partial charge in [-0.15, -0.1) is 0 Å². The first-order valence-corrected chi connectivity index (χ1v) is 9.70. The molecule has 0 radical (unpaired) electrons. The summed E-state index contributed by atoms with van der Waals surface area (Å²) in [5.41, 5.74) is 0.862. The molecule has 3 aliphatic rings. The molecule has 136 valence electrons. The van der Waals surface area contributed by atoms with E-state index in [9.17, 15) is 9.90 Å². The second-order valence-electron chi connectivity index (χ2n) is 7.83. The molecule has 1 N–H and O–H groups in total. The van der Waals surface area contributed by atoms with Crippen molar-refractivity contribution in [3.8, 4) is 0 Å². The van der Waals surface area contributed by atoms with E-state index in [0.29, 0.717) is 19.0 Å². The Morgan fingerprint density at radius 1 is 1.20 bits per heavy atom. The lowest BCUT2D eigenvalue weighted by atomic mass is 9.78. The molecule has 0 bridgehead atoms. The number of carbonyl (C=O) groups excluding carboxylic acids is 1. The van der Waals surface area contributed by atoms with Crippen LogP contribution in [0.25, 0.3) is 0 Å². The lowest BCUT2D eigenvalue weighted by molar-refractivity contribution is -0.145. The molecule has 0 aromatic carbocycles. The number of hydrogen-bond donors (Lipinski definition) is 1.